The van der Waals surface area contributed by atoms with Gasteiger partial charge in [-0.25, -0.2) is 4.39 Å². The first kappa shape index (κ1) is 19.1. The van der Waals surface area contributed by atoms with E-state index in [1.165, 1.54) is 21.9 Å². The summed E-state index contributed by atoms with van der Waals surface area (Å²) >= 11 is 0. The normalized spacial score (nSPS) is 20.5. The molecule has 0 spiro atoms. The summed E-state index contributed by atoms with van der Waals surface area (Å²) in [4.78, 5) is 43.6. The number of fused-ring (bicyclic) bond motifs is 3. The summed E-state index contributed by atoms with van der Waals surface area (Å²) in [5.74, 6) is -1.11. The van der Waals surface area contributed by atoms with Gasteiger partial charge >= 0.3 is 0 Å². The molecule has 6 nitrogen and oxygen atoms in total. The molecule has 7 heteroatoms. The number of carbonyl (C=O) groups is 3. The molecular weight excluding hydrogens is 373 g/mol. The Morgan fingerprint density at radius 2 is 1.93 bits per heavy atom. The van der Waals surface area contributed by atoms with Crippen molar-refractivity contribution >= 4 is 29.1 Å². The average Bonchev–Trinajstić information content (AvgIpc) is 3.01. The van der Waals surface area contributed by atoms with Gasteiger partial charge in [-0.3, -0.25) is 19.3 Å². The van der Waals surface area contributed by atoms with Crippen molar-refractivity contribution < 1.29 is 18.8 Å². The topological polar surface area (TPSA) is 60.9 Å². The molecule has 1 atom stereocenters. The van der Waals surface area contributed by atoms with Crippen LogP contribution in [0.4, 0.5) is 15.8 Å². The van der Waals surface area contributed by atoms with E-state index < -0.39 is 11.5 Å². The number of hydrogen-bond acceptors (Lipinski definition) is 3. The summed E-state index contributed by atoms with van der Waals surface area (Å²) in [6, 6.07) is 12.8. The lowest BCUT2D eigenvalue weighted by atomic mass is 9.98. The first-order chi connectivity index (χ1) is 13.9. The van der Waals surface area contributed by atoms with Crippen LogP contribution in [-0.2, 0) is 9.59 Å². The maximum absolute atomic E-state index is 13.6. The number of amides is 3. The van der Waals surface area contributed by atoms with Gasteiger partial charge in [0.05, 0.1) is 11.3 Å². The molecule has 1 unspecified atom stereocenters. The van der Waals surface area contributed by atoms with Crippen LogP contribution in [0.25, 0.3) is 0 Å². The zero-order valence-electron chi connectivity index (χ0n) is 16.4. The second-order valence-corrected chi connectivity index (χ2v) is 7.47. The van der Waals surface area contributed by atoms with Crippen LogP contribution in [0.2, 0.25) is 0 Å². The van der Waals surface area contributed by atoms with Crippen LogP contribution < -0.4 is 9.80 Å². The van der Waals surface area contributed by atoms with Gasteiger partial charge in [0, 0.05) is 18.7 Å². The van der Waals surface area contributed by atoms with E-state index in [0.717, 1.165) is 0 Å². The predicted molar refractivity (Wildman–Crippen MR) is 107 cm³/mol. The molecule has 4 rings (SSSR count). The Kier molecular flexibility index (Phi) is 4.61. The number of halogens is 1. The molecule has 0 aromatic heterocycles. The van der Waals surface area contributed by atoms with Crippen molar-refractivity contribution in [3.05, 3.63) is 59.9 Å². The molecule has 2 aromatic rings. The SMILES string of the molecule is CCN(C(=O)CN1C(=O)c2ccccc2N2C(=O)CCC12C)c1cccc(F)c1. The second-order valence-electron chi connectivity index (χ2n) is 7.47. The first-order valence-electron chi connectivity index (χ1n) is 9.67. The first-order valence-corrected chi connectivity index (χ1v) is 9.67. The van der Waals surface area contributed by atoms with Crippen molar-refractivity contribution in [2.24, 2.45) is 0 Å². The molecule has 2 aliphatic heterocycles. The van der Waals surface area contributed by atoms with Gasteiger partial charge in [0.15, 0.2) is 0 Å². The standard InChI is InChI=1S/C22H22FN3O3/c1-3-24(16-8-6-7-15(23)13-16)20(28)14-25-21(29)17-9-4-5-10-18(17)26-19(27)11-12-22(25,26)2/h4-10,13H,3,11-12,14H2,1-2H3. The Bertz CT molecular complexity index is 1010. The van der Waals surface area contributed by atoms with Gasteiger partial charge in [-0.15, -0.1) is 0 Å². The minimum absolute atomic E-state index is 0.0672. The monoisotopic (exact) mass is 395 g/mol. The quantitative estimate of drug-likeness (QED) is 0.799. The molecule has 2 heterocycles. The van der Waals surface area contributed by atoms with Crippen LogP contribution in [0.3, 0.4) is 0 Å². The third-order valence-corrected chi connectivity index (χ3v) is 5.78. The Balaban J connectivity index is 1.70. The number of anilines is 2. The third-order valence-electron chi connectivity index (χ3n) is 5.78. The maximum atomic E-state index is 13.6. The van der Waals surface area contributed by atoms with Crippen LogP contribution in [-0.4, -0.2) is 41.4 Å². The van der Waals surface area contributed by atoms with Crippen molar-refractivity contribution in [3.8, 4) is 0 Å². The van der Waals surface area contributed by atoms with Crippen LogP contribution >= 0.6 is 0 Å². The molecule has 150 valence electrons. The van der Waals surface area contributed by atoms with Gasteiger partial charge in [0.1, 0.15) is 18.0 Å². The fourth-order valence-corrected chi connectivity index (χ4v) is 4.31. The lowest BCUT2D eigenvalue weighted by molar-refractivity contribution is -0.121. The Morgan fingerprint density at radius 3 is 2.66 bits per heavy atom. The summed E-state index contributed by atoms with van der Waals surface area (Å²) in [5.41, 5.74) is 0.525. The Morgan fingerprint density at radius 1 is 1.17 bits per heavy atom. The van der Waals surface area contributed by atoms with Crippen LogP contribution in [0.1, 0.15) is 37.0 Å². The van der Waals surface area contributed by atoms with Crippen molar-refractivity contribution in [3.63, 3.8) is 0 Å². The van der Waals surface area contributed by atoms with Crippen LogP contribution in [0, 0.1) is 5.82 Å². The Labute approximate surface area is 168 Å². The molecular formula is C22H22FN3O3. The molecule has 0 N–H and O–H groups in total. The summed E-state index contributed by atoms with van der Waals surface area (Å²) in [7, 11) is 0. The highest BCUT2D eigenvalue weighted by atomic mass is 19.1. The molecule has 29 heavy (non-hydrogen) atoms. The maximum Gasteiger partial charge on any atom is 0.258 e. The van der Waals surface area contributed by atoms with Crippen LogP contribution in [0.15, 0.2) is 48.5 Å². The molecule has 1 fully saturated rings. The number of likely N-dealkylation sites (N-methyl/N-ethyl adjacent to an activating group) is 1. The number of nitrogens with zero attached hydrogens (tertiary/aromatic N) is 3. The average molecular weight is 395 g/mol. The largest absolute Gasteiger partial charge is 0.311 e. The van der Waals surface area contributed by atoms with Gasteiger partial charge in [0.25, 0.3) is 5.91 Å². The summed E-state index contributed by atoms with van der Waals surface area (Å²) < 4.78 is 13.6. The molecule has 0 aliphatic carbocycles. The minimum Gasteiger partial charge on any atom is -0.311 e. The molecule has 0 bridgehead atoms. The second kappa shape index (κ2) is 6.99. The molecule has 0 radical (unpaired) electrons. The molecule has 0 saturated carbocycles. The van der Waals surface area contributed by atoms with Crippen molar-refractivity contribution in [1.29, 1.82) is 0 Å². The van der Waals surface area contributed by atoms with Gasteiger partial charge in [-0.05, 0) is 50.6 Å². The van der Waals surface area contributed by atoms with Crippen molar-refractivity contribution in [2.75, 3.05) is 22.9 Å². The van der Waals surface area contributed by atoms with E-state index in [4.69, 9.17) is 0 Å². The minimum atomic E-state index is -0.903. The van der Waals surface area contributed by atoms with Crippen molar-refractivity contribution in [1.82, 2.24) is 4.90 Å². The predicted octanol–water partition coefficient (Wildman–Crippen LogP) is 3.18. The number of benzene rings is 2. The van der Waals surface area contributed by atoms with E-state index in [2.05, 4.69) is 0 Å². The lowest BCUT2D eigenvalue weighted by Crippen LogP contribution is -2.64. The molecule has 3 amide bonds. The van der Waals surface area contributed by atoms with Gasteiger partial charge in [-0.1, -0.05) is 18.2 Å². The van der Waals surface area contributed by atoms with Crippen molar-refractivity contribution in [2.45, 2.75) is 32.4 Å². The third kappa shape index (κ3) is 2.97. The fraction of sp³-hybridized carbons (Fsp3) is 0.318. The van der Waals surface area contributed by atoms with E-state index in [0.29, 0.717) is 36.3 Å². The fourth-order valence-electron chi connectivity index (χ4n) is 4.31. The molecule has 2 aliphatic rings. The van der Waals surface area contributed by atoms with Gasteiger partial charge in [0.2, 0.25) is 11.8 Å². The molecule has 1 saturated heterocycles. The zero-order chi connectivity index (χ0) is 20.8. The number of hydrogen-bond donors (Lipinski definition) is 0. The summed E-state index contributed by atoms with van der Waals surface area (Å²) in [5, 5.41) is 0. The van der Waals surface area contributed by atoms with Gasteiger partial charge < -0.3 is 9.80 Å². The van der Waals surface area contributed by atoms with Gasteiger partial charge in [-0.2, -0.15) is 0 Å². The highest BCUT2D eigenvalue weighted by Crippen LogP contribution is 2.43. The van der Waals surface area contributed by atoms with E-state index in [-0.39, 0.29) is 24.3 Å². The zero-order valence-corrected chi connectivity index (χ0v) is 16.4. The van der Waals surface area contributed by atoms with E-state index >= 15 is 0 Å². The highest BCUT2D eigenvalue weighted by molar-refractivity contribution is 6.11. The van der Waals surface area contributed by atoms with E-state index in [1.807, 2.05) is 6.92 Å². The smallest absolute Gasteiger partial charge is 0.258 e. The molecule has 2 aromatic carbocycles. The van der Waals surface area contributed by atoms with E-state index in [1.54, 1.807) is 48.2 Å². The summed E-state index contributed by atoms with van der Waals surface area (Å²) in [6.07, 6.45) is 0.759. The lowest BCUT2D eigenvalue weighted by Gasteiger charge is -2.48. The number of para-hydroxylation sites is 1. The highest BCUT2D eigenvalue weighted by Gasteiger charge is 2.53. The number of rotatable bonds is 4. The Hall–Kier alpha value is -3.22. The summed E-state index contributed by atoms with van der Waals surface area (Å²) in [6.45, 7) is 3.75. The number of carbonyl (C=O) groups excluding carboxylic acids is 3. The van der Waals surface area contributed by atoms with Crippen LogP contribution in [0.5, 0.6) is 0 Å². The van der Waals surface area contributed by atoms with E-state index in [9.17, 15) is 18.8 Å².